The molecule has 0 aliphatic carbocycles. The van der Waals surface area contributed by atoms with E-state index in [1.165, 1.54) is 29.1 Å². The van der Waals surface area contributed by atoms with Crippen LogP contribution in [0.3, 0.4) is 0 Å². The Labute approximate surface area is 97.8 Å². The smallest absolute Gasteiger partial charge is 0.0720 e. The van der Waals surface area contributed by atoms with Crippen LogP contribution in [0.5, 0.6) is 0 Å². The molecule has 2 heterocycles. The van der Waals surface area contributed by atoms with Gasteiger partial charge in [-0.1, -0.05) is 11.6 Å². The Bertz CT molecular complexity index is 524. The van der Waals surface area contributed by atoms with Crippen LogP contribution in [0.2, 0.25) is 5.02 Å². The van der Waals surface area contributed by atoms with E-state index in [0.29, 0.717) is 0 Å². The third-order valence-corrected chi connectivity index (χ3v) is 4.23. The predicted octanol–water partition coefficient (Wildman–Crippen LogP) is 3.93. The quantitative estimate of drug-likeness (QED) is 0.686. The van der Waals surface area contributed by atoms with Gasteiger partial charge in [-0.05, 0) is 42.4 Å². The second-order valence-corrected chi connectivity index (χ2v) is 5.27. The highest BCUT2D eigenvalue weighted by molar-refractivity contribution is 7.99. The van der Waals surface area contributed by atoms with Crippen molar-refractivity contribution in [2.75, 3.05) is 5.75 Å². The van der Waals surface area contributed by atoms with Crippen LogP contribution in [-0.4, -0.2) is 10.7 Å². The number of nitrogens with zero attached hydrogens (tertiary/aromatic N) is 1. The highest BCUT2D eigenvalue weighted by atomic mass is 35.5. The maximum Gasteiger partial charge on any atom is 0.0720 e. The minimum Gasteiger partial charge on any atom is -0.256 e. The zero-order valence-electron chi connectivity index (χ0n) is 8.16. The second kappa shape index (κ2) is 3.69. The van der Waals surface area contributed by atoms with Gasteiger partial charge >= 0.3 is 0 Å². The molecule has 1 aromatic heterocycles. The molecular formula is C12H10ClNS. The third-order valence-electron chi connectivity index (χ3n) is 2.72. The number of hydrogen-bond donors (Lipinski definition) is 0. The van der Waals surface area contributed by atoms with Gasteiger partial charge in [-0.2, -0.15) is 0 Å². The fourth-order valence-corrected chi connectivity index (χ4v) is 3.22. The van der Waals surface area contributed by atoms with Crippen LogP contribution in [0.4, 0.5) is 0 Å². The molecule has 1 aliphatic rings. The number of halogens is 1. The summed E-state index contributed by atoms with van der Waals surface area (Å²) in [6.07, 6.45) is 4.21. The number of benzene rings is 1. The van der Waals surface area contributed by atoms with Gasteiger partial charge in [-0.3, -0.25) is 4.98 Å². The molecule has 0 amide bonds. The summed E-state index contributed by atoms with van der Waals surface area (Å²) in [5, 5.41) is 1.88. The maximum absolute atomic E-state index is 6.15. The lowest BCUT2D eigenvalue weighted by atomic mass is 10.1. The van der Waals surface area contributed by atoms with Gasteiger partial charge in [0, 0.05) is 16.5 Å². The van der Waals surface area contributed by atoms with E-state index in [0.717, 1.165) is 15.9 Å². The lowest BCUT2D eigenvalue weighted by Gasteiger charge is -2.15. The minimum absolute atomic E-state index is 0.800. The molecule has 3 rings (SSSR count). The molecular weight excluding hydrogens is 226 g/mol. The second-order valence-electron chi connectivity index (χ2n) is 3.72. The summed E-state index contributed by atoms with van der Waals surface area (Å²) in [6, 6.07) is 6.22. The Hall–Kier alpha value is -0.730. The van der Waals surface area contributed by atoms with E-state index < -0.39 is 0 Å². The molecule has 0 fully saturated rings. The molecule has 0 radical (unpaired) electrons. The first-order chi connectivity index (χ1) is 7.34. The number of hydrogen-bond acceptors (Lipinski definition) is 2. The van der Waals surface area contributed by atoms with Gasteiger partial charge in [0.05, 0.1) is 10.5 Å². The van der Waals surface area contributed by atoms with Crippen molar-refractivity contribution in [2.45, 2.75) is 17.7 Å². The predicted molar refractivity (Wildman–Crippen MR) is 65.8 cm³/mol. The Balaban J connectivity index is 2.31. The number of aromatic nitrogens is 1. The molecule has 0 unspecified atom stereocenters. The first-order valence-electron chi connectivity index (χ1n) is 5.04. The average Bonchev–Trinajstić information content (AvgIpc) is 2.27. The summed E-state index contributed by atoms with van der Waals surface area (Å²) >= 11 is 8.08. The number of aryl methyl sites for hydroxylation is 1. The number of rotatable bonds is 0. The SMILES string of the molecule is Clc1ccnc2cc3c(cc12)SCCC3. The molecule has 0 N–H and O–H groups in total. The molecule has 2 aromatic rings. The van der Waals surface area contributed by atoms with Crippen molar-refractivity contribution in [3.05, 3.63) is 35.0 Å². The molecule has 3 heteroatoms. The fourth-order valence-electron chi connectivity index (χ4n) is 1.96. The Morgan fingerprint density at radius 1 is 1.33 bits per heavy atom. The topological polar surface area (TPSA) is 12.9 Å². The molecule has 1 aromatic carbocycles. The summed E-state index contributed by atoms with van der Waals surface area (Å²) in [5.41, 5.74) is 2.44. The van der Waals surface area contributed by atoms with Crippen LogP contribution in [0.25, 0.3) is 10.9 Å². The lowest BCUT2D eigenvalue weighted by Crippen LogP contribution is -1.98. The van der Waals surface area contributed by atoms with E-state index >= 15 is 0 Å². The van der Waals surface area contributed by atoms with E-state index in [1.54, 1.807) is 6.20 Å². The van der Waals surface area contributed by atoms with Crippen LogP contribution in [0.1, 0.15) is 12.0 Å². The largest absolute Gasteiger partial charge is 0.256 e. The van der Waals surface area contributed by atoms with Crippen molar-refractivity contribution >= 4 is 34.3 Å². The highest BCUT2D eigenvalue weighted by Crippen LogP contribution is 2.34. The van der Waals surface area contributed by atoms with Gasteiger partial charge in [0.2, 0.25) is 0 Å². The van der Waals surface area contributed by atoms with Crippen LogP contribution >= 0.6 is 23.4 Å². The molecule has 0 spiro atoms. The minimum atomic E-state index is 0.800. The number of fused-ring (bicyclic) bond motifs is 2. The van der Waals surface area contributed by atoms with E-state index in [1.807, 2.05) is 17.8 Å². The van der Waals surface area contributed by atoms with E-state index in [-0.39, 0.29) is 0 Å². The van der Waals surface area contributed by atoms with Gasteiger partial charge in [0.15, 0.2) is 0 Å². The van der Waals surface area contributed by atoms with Crippen LogP contribution in [0, 0.1) is 0 Å². The number of pyridine rings is 1. The van der Waals surface area contributed by atoms with Gasteiger partial charge in [-0.25, -0.2) is 0 Å². The molecule has 0 bridgehead atoms. The van der Waals surface area contributed by atoms with Gasteiger partial charge in [-0.15, -0.1) is 11.8 Å². The number of thioether (sulfide) groups is 1. The van der Waals surface area contributed by atoms with Crippen molar-refractivity contribution in [1.29, 1.82) is 0 Å². The normalized spacial score (nSPS) is 15.3. The summed E-state index contributed by atoms with van der Waals surface area (Å²) < 4.78 is 0. The van der Waals surface area contributed by atoms with Crippen LogP contribution < -0.4 is 0 Å². The average molecular weight is 236 g/mol. The molecule has 0 saturated heterocycles. The van der Waals surface area contributed by atoms with Crippen LogP contribution in [-0.2, 0) is 6.42 Å². The van der Waals surface area contributed by atoms with E-state index in [9.17, 15) is 0 Å². The summed E-state index contributed by atoms with van der Waals surface area (Å²) in [4.78, 5) is 5.73. The zero-order valence-corrected chi connectivity index (χ0v) is 9.74. The molecule has 0 saturated carbocycles. The Morgan fingerprint density at radius 2 is 2.27 bits per heavy atom. The van der Waals surface area contributed by atoms with Gasteiger partial charge in [0.25, 0.3) is 0 Å². The summed E-state index contributed by atoms with van der Waals surface area (Å²) in [5.74, 6) is 1.22. The Morgan fingerprint density at radius 3 is 3.20 bits per heavy atom. The van der Waals surface area contributed by atoms with Crippen molar-refractivity contribution in [1.82, 2.24) is 4.98 Å². The molecule has 1 nitrogen and oxygen atoms in total. The van der Waals surface area contributed by atoms with Crippen molar-refractivity contribution in [3.63, 3.8) is 0 Å². The van der Waals surface area contributed by atoms with Crippen LogP contribution in [0.15, 0.2) is 29.3 Å². The molecule has 1 aliphatic heterocycles. The third kappa shape index (κ3) is 1.62. The van der Waals surface area contributed by atoms with Gasteiger partial charge < -0.3 is 0 Å². The summed E-state index contributed by atoms with van der Waals surface area (Å²) in [7, 11) is 0. The monoisotopic (exact) mass is 235 g/mol. The summed E-state index contributed by atoms with van der Waals surface area (Å²) in [6.45, 7) is 0. The molecule has 0 atom stereocenters. The lowest BCUT2D eigenvalue weighted by molar-refractivity contribution is 0.892. The first-order valence-corrected chi connectivity index (χ1v) is 6.41. The van der Waals surface area contributed by atoms with Crippen molar-refractivity contribution in [2.24, 2.45) is 0 Å². The van der Waals surface area contributed by atoms with Crippen molar-refractivity contribution < 1.29 is 0 Å². The maximum atomic E-state index is 6.15. The standard InChI is InChI=1S/C12H10ClNS/c13-10-3-4-14-11-6-8-2-1-5-15-12(8)7-9(10)11/h3-4,6-7H,1-2,5H2. The van der Waals surface area contributed by atoms with Crippen molar-refractivity contribution in [3.8, 4) is 0 Å². The Kier molecular flexibility index (Phi) is 2.33. The zero-order chi connectivity index (χ0) is 10.3. The highest BCUT2D eigenvalue weighted by Gasteiger charge is 2.12. The van der Waals surface area contributed by atoms with E-state index in [4.69, 9.17) is 11.6 Å². The van der Waals surface area contributed by atoms with E-state index in [2.05, 4.69) is 17.1 Å². The first kappa shape index (κ1) is 9.49. The molecule has 15 heavy (non-hydrogen) atoms. The fraction of sp³-hybridized carbons (Fsp3) is 0.250. The van der Waals surface area contributed by atoms with Gasteiger partial charge in [0.1, 0.15) is 0 Å². The molecule has 76 valence electrons.